The van der Waals surface area contributed by atoms with Crippen LogP contribution in [0, 0.1) is 5.82 Å². The number of ether oxygens (including phenoxy) is 2. The highest BCUT2D eigenvalue weighted by molar-refractivity contribution is 8.26. The van der Waals surface area contributed by atoms with Gasteiger partial charge in [0.1, 0.15) is 16.7 Å². The van der Waals surface area contributed by atoms with E-state index in [-0.39, 0.29) is 11.7 Å². The number of hydrogen-bond donors (Lipinski definition) is 0. The monoisotopic (exact) mass is 403 g/mol. The zero-order valence-corrected chi connectivity index (χ0v) is 16.5. The number of thiocarbonyl (C=S) groups is 1. The van der Waals surface area contributed by atoms with E-state index in [2.05, 4.69) is 0 Å². The number of carbonyl (C=O) groups is 1. The van der Waals surface area contributed by atoms with Gasteiger partial charge < -0.3 is 9.47 Å². The molecule has 0 aromatic heterocycles. The zero-order valence-electron chi connectivity index (χ0n) is 14.9. The Morgan fingerprint density at radius 1 is 1.15 bits per heavy atom. The van der Waals surface area contributed by atoms with E-state index in [0.717, 1.165) is 11.1 Å². The number of benzene rings is 2. The summed E-state index contributed by atoms with van der Waals surface area (Å²) in [4.78, 5) is 14.2. The molecule has 1 heterocycles. The fourth-order valence-electron chi connectivity index (χ4n) is 2.44. The van der Waals surface area contributed by atoms with E-state index < -0.39 is 0 Å². The second-order valence-electron chi connectivity index (χ2n) is 5.80. The summed E-state index contributed by atoms with van der Waals surface area (Å²) in [7, 11) is 1.66. The molecular weight excluding hydrogens is 385 g/mol. The molecule has 0 saturated carbocycles. The van der Waals surface area contributed by atoms with Crippen LogP contribution < -0.4 is 9.47 Å². The van der Waals surface area contributed by atoms with Gasteiger partial charge in [-0.2, -0.15) is 0 Å². The molecule has 4 nitrogen and oxygen atoms in total. The molecule has 1 aliphatic heterocycles. The summed E-state index contributed by atoms with van der Waals surface area (Å²) in [5.74, 6) is 0.775. The average Bonchev–Trinajstić information content (AvgIpc) is 2.89. The number of halogens is 1. The molecule has 2 aromatic carbocycles. The number of hydrogen-bond acceptors (Lipinski definition) is 5. The summed E-state index contributed by atoms with van der Waals surface area (Å²) in [6.07, 6.45) is 1.79. The Labute approximate surface area is 167 Å². The third kappa shape index (κ3) is 4.67. The van der Waals surface area contributed by atoms with Gasteiger partial charge in [-0.05, 0) is 48.4 Å². The van der Waals surface area contributed by atoms with Crippen LogP contribution in [0.2, 0.25) is 0 Å². The standard InChI is InChI=1S/C20H18FNO3S2/c1-3-24-17-10-14(11-18-19(23)22(2)20(26)27-18)6-9-16(17)25-12-13-4-7-15(21)8-5-13/h4-11H,3,12H2,1-2H3. The van der Waals surface area contributed by atoms with Crippen LogP contribution in [-0.2, 0) is 11.4 Å². The maximum absolute atomic E-state index is 13.0. The summed E-state index contributed by atoms with van der Waals surface area (Å²) in [5, 5.41) is 0. The Morgan fingerprint density at radius 2 is 1.89 bits per heavy atom. The quantitative estimate of drug-likeness (QED) is 0.519. The van der Waals surface area contributed by atoms with Crippen molar-refractivity contribution in [2.24, 2.45) is 0 Å². The Hall–Kier alpha value is -2.38. The molecule has 1 saturated heterocycles. The van der Waals surface area contributed by atoms with Crippen LogP contribution in [0.5, 0.6) is 11.5 Å². The van der Waals surface area contributed by atoms with Crippen LogP contribution in [0.3, 0.4) is 0 Å². The highest BCUT2D eigenvalue weighted by Crippen LogP contribution is 2.34. The lowest BCUT2D eigenvalue weighted by atomic mass is 10.1. The van der Waals surface area contributed by atoms with Crippen LogP contribution in [0.15, 0.2) is 47.4 Å². The SMILES string of the molecule is CCOc1cc(C=C2SC(=S)N(C)C2=O)ccc1OCc1ccc(F)cc1. The maximum atomic E-state index is 13.0. The first kappa shape index (κ1) is 19.4. The van der Waals surface area contributed by atoms with Gasteiger partial charge in [0.2, 0.25) is 0 Å². The van der Waals surface area contributed by atoms with Gasteiger partial charge in [-0.25, -0.2) is 4.39 Å². The van der Waals surface area contributed by atoms with Gasteiger partial charge in [0.05, 0.1) is 11.5 Å². The minimum absolute atomic E-state index is 0.111. The lowest BCUT2D eigenvalue weighted by Gasteiger charge is -2.13. The predicted molar refractivity (Wildman–Crippen MR) is 109 cm³/mol. The zero-order chi connectivity index (χ0) is 19.4. The molecule has 7 heteroatoms. The number of amides is 1. The van der Waals surface area contributed by atoms with Gasteiger partial charge in [0.25, 0.3) is 5.91 Å². The summed E-state index contributed by atoms with van der Waals surface area (Å²) in [5.41, 5.74) is 1.68. The van der Waals surface area contributed by atoms with E-state index in [9.17, 15) is 9.18 Å². The average molecular weight is 404 g/mol. The van der Waals surface area contributed by atoms with Crippen LogP contribution in [0.1, 0.15) is 18.1 Å². The van der Waals surface area contributed by atoms with Gasteiger partial charge in [-0.1, -0.05) is 42.2 Å². The molecule has 0 N–H and O–H groups in total. The van der Waals surface area contributed by atoms with Crippen molar-refractivity contribution >= 4 is 40.3 Å². The normalized spacial score (nSPS) is 15.5. The summed E-state index contributed by atoms with van der Waals surface area (Å²) >= 11 is 6.42. The van der Waals surface area contributed by atoms with E-state index in [1.165, 1.54) is 28.8 Å². The topological polar surface area (TPSA) is 38.8 Å². The molecule has 2 aromatic rings. The number of nitrogens with zero attached hydrogens (tertiary/aromatic N) is 1. The van der Waals surface area contributed by atoms with Crippen molar-refractivity contribution in [2.75, 3.05) is 13.7 Å². The van der Waals surface area contributed by atoms with Crippen molar-refractivity contribution in [1.82, 2.24) is 4.90 Å². The van der Waals surface area contributed by atoms with Gasteiger partial charge in [-0.3, -0.25) is 9.69 Å². The fraction of sp³-hybridized carbons (Fsp3) is 0.200. The van der Waals surface area contributed by atoms with Gasteiger partial charge in [-0.15, -0.1) is 0 Å². The van der Waals surface area contributed by atoms with Gasteiger partial charge >= 0.3 is 0 Å². The molecule has 1 fully saturated rings. The van der Waals surface area contributed by atoms with Crippen LogP contribution >= 0.6 is 24.0 Å². The van der Waals surface area contributed by atoms with E-state index in [1.807, 2.05) is 19.1 Å². The lowest BCUT2D eigenvalue weighted by molar-refractivity contribution is -0.121. The Balaban J connectivity index is 1.79. The number of thioether (sulfide) groups is 1. The molecule has 0 atom stereocenters. The van der Waals surface area contributed by atoms with Gasteiger partial charge in [0.15, 0.2) is 11.5 Å². The highest BCUT2D eigenvalue weighted by Gasteiger charge is 2.28. The van der Waals surface area contributed by atoms with Crippen molar-refractivity contribution in [3.63, 3.8) is 0 Å². The maximum Gasteiger partial charge on any atom is 0.265 e. The Kier molecular flexibility index (Phi) is 6.13. The molecule has 27 heavy (non-hydrogen) atoms. The second kappa shape index (κ2) is 8.54. The van der Waals surface area contributed by atoms with Crippen LogP contribution in [0.25, 0.3) is 6.08 Å². The van der Waals surface area contributed by atoms with E-state index >= 15 is 0 Å². The highest BCUT2D eigenvalue weighted by atomic mass is 32.2. The molecule has 0 bridgehead atoms. The molecular formula is C20H18FNO3S2. The molecule has 140 valence electrons. The fourth-order valence-corrected chi connectivity index (χ4v) is 3.62. The Bertz CT molecular complexity index is 897. The number of rotatable bonds is 6. The predicted octanol–water partition coefficient (Wildman–Crippen LogP) is 4.63. The minimum Gasteiger partial charge on any atom is -0.490 e. The summed E-state index contributed by atoms with van der Waals surface area (Å²) in [6.45, 7) is 2.67. The number of likely N-dealkylation sites (N-methyl/N-ethyl adjacent to an activating group) is 1. The molecule has 0 spiro atoms. The Morgan fingerprint density at radius 3 is 2.52 bits per heavy atom. The molecule has 1 aliphatic rings. The first-order chi connectivity index (χ1) is 13.0. The molecule has 3 rings (SSSR count). The van der Waals surface area contributed by atoms with E-state index in [4.69, 9.17) is 21.7 Å². The van der Waals surface area contributed by atoms with E-state index in [1.54, 1.807) is 31.3 Å². The number of carbonyl (C=O) groups excluding carboxylic acids is 1. The van der Waals surface area contributed by atoms with Gasteiger partial charge in [0, 0.05) is 7.05 Å². The lowest BCUT2D eigenvalue weighted by Crippen LogP contribution is -2.22. The largest absolute Gasteiger partial charge is 0.490 e. The molecule has 0 radical (unpaired) electrons. The second-order valence-corrected chi connectivity index (χ2v) is 7.47. The first-order valence-electron chi connectivity index (χ1n) is 8.33. The van der Waals surface area contributed by atoms with Crippen LogP contribution in [-0.4, -0.2) is 28.8 Å². The smallest absolute Gasteiger partial charge is 0.265 e. The molecule has 0 unspecified atom stereocenters. The van der Waals surface area contributed by atoms with Crippen LogP contribution in [0.4, 0.5) is 4.39 Å². The summed E-state index contributed by atoms with van der Waals surface area (Å²) < 4.78 is 25.0. The van der Waals surface area contributed by atoms with E-state index in [0.29, 0.717) is 33.9 Å². The van der Waals surface area contributed by atoms with Crippen molar-refractivity contribution in [2.45, 2.75) is 13.5 Å². The first-order valence-corrected chi connectivity index (χ1v) is 9.56. The minimum atomic E-state index is -0.282. The van der Waals surface area contributed by atoms with Crippen molar-refractivity contribution in [3.8, 4) is 11.5 Å². The third-order valence-corrected chi connectivity index (χ3v) is 5.34. The van der Waals surface area contributed by atoms with Crippen molar-refractivity contribution < 1.29 is 18.7 Å². The third-order valence-electron chi connectivity index (χ3n) is 3.86. The van der Waals surface area contributed by atoms with Crippen molar-refractivity contribution in [3.05, 3.63) is 64.3 Å². The molecule has 0 aliphatic carbocycles. The van der Waals surface area contributed by atoms with Crippen molar-refractivity contribution in [1.29, 1.82) is 0 Å². The molecule has 1 amide bonds. The summed E-state index contributed by atoms with van der Waals surface area (Å²) in [6, 6.07) is 11.6.